The van der Waals surface area contributed by atoms with Gasteiger partial charge >= 0.3 is 18.1 Å². The van der Waals surface area contributed by atoms with Gasteiger partial charge in [0.25, 0.3) is 0 Å². The predicted octanol–water partition coefficient (Wildman–Crippen LogP) is 2.50. The van der Waals surface area contributed by atoms with E-state index in [-0.39, 0.29) is 5.69 Å². The fourth-order valence-corrected chi connectivity index (χ4v) is 1.23. The molecule has 0 atom stereocenters. The van der Waals surface area contributed by atoms with E-state index >= 15 is 0 Å². The van der Waals surface area contributed by atoms with Gasteiger partial charge in [-0.05, 0) is 46.9 Å². The third kappa shape index (κ3) is 4.59. The zero-order valence-electron chi connectivity index (χ0n) is 8.14. The van der Waals surface area contributed by atoms with Crippen molar-refractivity contribution in [3.8, 4) is 0 Å². The van der Waals surface area contributed by atoms with Gasteiger partial charge in [0.05, 0.1) is 0 Å². The maximum atomic E-state index is 11.8. The molecule has 0 spiro atoms. The first kappa shape index (κ1) is 13.7. The van der Waals surface area contributed by atoms with Crippen molar-refractivity contribution in [2.45, 2.75) is 6.18 Å². The van der Waals surface area contributed by atoms with Crippen molar-refractivity contribution < 1.29 is 22.8 Å². The van der Waals surface area contributed by atoms with Crippen molar-refractivity contribution in [2.75, 3.05) is 5.32 Å². The Morgan fingerprint density at radius 3 is 2.12 bits per heavy atom. The molecule has 2 N–H and O–H groups in total. The van der Waals surface area contributed by atoms with E-state index in [0.717, 1.165) is 3.57 Å². The number of halogens is 4. The van der Waals surface area contributed by atoms with Crippen LogP contribution in [0.4, 0.5) is 23.7 Å². The second-order valence-corrected chi connectivity index (χ2v) is 4.16. The number of benzene rings is 1. The molecular formula is C9H6F3IN2O2. The van der Waals surface area contributed by atoms with Crippen LogP contribution in [0.5, 0.6) is 0 Å². The SMILES string of the molecule is O=C(NC(=O)C(F)(F)F)Nc1ccc(I)cc1. The molecule has 0 aliphatic heterocycles. The summed E-state index contributed by atoms with van der Waals surface area (Å²) in [6.45, 7) is 0. The summed E-state index contributed by atoms with van der Waals surface area (Å²) in [6, 6.07) is 5.08. The maximum absolute atomic E-state index is 11.8. The molecule has 0 aliphatic carbocycles. The fourth-order valence-electron chi connectivity index (χ4n) is 0.870. The highest BCUT2D eigenvalue weighted by Crippen LogP contribution is 2.14. The Bertz CT molecular complexity index is 431. The number of anilines is 1. The molecule has 0 saturated heterocycles. The summed E-state index contributed by atoms with van der Waals surface area (Å²) in [5.41, 5.74) is 0.290. The smallest absolute Gasteiger partial charge is 0.308 e. The van der Waals surface area contributed by atoms with Crippen LogP contribution >= 0.6 is 22.6 Å². The number of hydrogen-bond donors (Lipinski definition) is 2. The number of rotatable bonds is 1. The normalized spacial score (nSPS) is 10.8. The minimum atomic E-state index is -5.08. The summed E-state index contributed by atoms with van der Waals surface area (Å²) in [6.07, 6.45) is -5.08. The summed E-state index contributed by atoms with van der Waals surface area (Å²) in [7, 11) is 0. The molecule has 0 unspecified atom stereocenters. The predicted molar refractivity (Wildman–Crippen MR) is 62.4 cm³/mol. The Morgan fingerprint density at radius 2 is 1.65 bits per heavy atom. The molecule has 0 aromatic heterocycles. The molecule has 0 heterocycles. The zero-order chi connectivity index (χ0) is 13.1. The van der Waals surface area contributed by atoms with Crippen molar-refractivity contribution in [1.29, 1.82) is 0 Å². The highest BCUT2D eigenvalue weighted by molar-refractivity contribution is 14.1. The van der Waals surface area contributed by atoms with E-state index in [1.54, 1.807) is 12.1 Å². The van der Waals surface area contributed by atoms with Gasteiger partial charge in [-0.25, -0.2) is 4.79 Å². The molecule has 0 radical (unpaired) electrons. The van der Waals surface area contributed by atoms with E-state index in [1.165, 1.54) is 17.4 Å². The van der Waals surface area contributed by atoms with Crippen LogP contribution in [0.2, 0.25) is 0 Å². The van der Waals surface area contributed by atoms with Crippen LogP contribution in [-0.4, -0.2) is 18.1 Å². The first-order valence-corrected chi connectivity index (χ1v) is 5.31. The van der Waals surface area contributed by atoms with E-state index in [4.69, 9.17) is 0 Å². The minimum Gasteiger partial charge on any atom is -0.308 e. The fraction of sp³-hybridized carbons (Fsp3) is 0.111. The Kier molecular flexibility index (Phi) is 4.32. The van der Waals surface area contributed by atoms with Crippen LogP contribution in [0.1, 0.15) is 0 Å². The molecule has 1 aromatic rings. The highest BCUT2D eigenvalue weighted by Gasteiger charge is 2.39. The number of alkyl halides is 3. The number of nitrogens with one attached hydrogen (secondary N) is 2. The molecule has 8 heteroatoms. The first-order chi connectivity index (χ1) is 7.79. The molecule has 3 amide bonds. The average Bonchev–Trinajstić information content (AvgIpc) is 2.20. The number of imide groups is 1. The molecular weight excluding hydrogens is 352 g/mol. The van der Waals surface area contributed by atoms with Gasteiger partial charge in [0.2, 0.25) is 0 Å². The maximum Gasteiger partial charge on any atom is 0.471 e. The third-order valence-electron chi connectivity index (χ3n) is 1.59. The summed E-state index contributed by atoms with van der Waals surface area (Å²) >= 11 is 2.03. The van der Waals surface area contributed by atoms with Crippen molar-refractivity contribution in [3.63, 3.8) is 0 Å². The van der Waals surface area contributed by atoms with Crippen LogP contribution in [0, 0.1) is 3.57 Å². The van der Waals surface area contributed by atoms with Crippen molar-refractivity contribution in [3.05, 3.63) is 27.8 Å². The lowest BCUT2D eigenvalue weighted by Gasteiger charge is -2.08. The second kappa shape index (κ2) is 5.34. The second-order valence-electron chi connectivity index (χ2n) is 2.91. The van der Waals surface area contributed by atoms with Crippen LogP contribution in [0.15, 0.2) is 24.3 Å². The molecule has 4 nitrogen and oxygen atoms in total. The molecule has 1 rings (SSSR count). The lowest BCUT2D eigenvalue weighted by atomic mass is 10.3. The van der Waals surface area contributed by atoms with E-state index in [0.29, 0.717) is 0 Å². The van der Waals surface area contributed by atoms with Gasteiger partial charge in [-0.15, -0.1) is 0 Å². The number of amides is 3. The summed E-state index contributed by atoms with van der Waals surface area (Å²) in [5.74, 6) is -2.31. The van der Waals surface area contributed by atoms with E-state index in [9.17, 15) is 22.8 Å². The molecule has 92 valence electrons. The molecule has 0 aliphatic rings. The largest absolute Gasteiger partial charge is 0.471 e. The molecule has 17 heavy (non-hydrogen) atoms. The van der Waals surface area contributed by atoms with Gasteiger partial charge < -0.3 is 5.32 Å². The molecule has 0 bridgehead atoms. The Balaban J connectivity index is 2.56. The van der Waals surface area contributed by atoms with Gasteiger partial charge in [0.15, 0.2) is 0 Å². The minimum absolute atomic E-state index is 0.290. The monoisotopic (exact) mass is 358 g/mol. The number of carbonyl (C=O) groups excluding carboxylic acids is 2. The van der Waals surface area contributed by atoms with Crippen molar-refractivity contribution in [2.24, 2.45) is 0 Å². The Hall–Kier alpha value is -1.32. The highest BCUT2D eigenvalue weighted by atomic mass is 127. The van der Waals surface area contributed by atoms with Crippen LogP contribution in [-0.2, 0) is 4.79 Å². The zero-order valence-corrected chi connectivity index (χ0v) is 10.3. The van der Waals surface area contributed by atoms with E-state index in [1.807, 2.05) is 22.6 Å². The lowest BCUT2D eigenvalue weighted by molar-refractivity contribution is -0.172. The summed E-state index contributed by atoms with van der Waals surface area (Å²) in [5, 5.41) is 3.27. The lowest BCUT2D eigenvalue weighted by Crippen LogP contribution is -2.42. The van der Waals surface area contributed by atoms with Gasteiger partial charge in [0, 0.05) is 9.26 Å². The molecule has 0 fully saturated rings. The van der Waals surface area contributed by atoms with Crippen LogP contribution in [0.3, 0.4) is 0 Å². The van der Waals surface area contributed by atoms with E-state index in [2.05, 4.69) is 5.32 Å². The van der Waals surface area contributed by atoms with Crippen LogP contribution < -0.4 is 10.6 Å². The average molecular weight is 358 g/mol. The Morgan fingerprint density at radius 1 is 1.12 bits per heavy atom. The Labute approximate surface area is 108 Å². The number of urea groups is 1. The third-order valence-corrected chi connectivity index (χ3v) is 2.31. The summed E-state index contributed by atoms with van der Waals surface area (Å²) in [4.78, 5) is 21.4. The standard InChI is InChI=1S/C9H6F3IN2O2/c10-9(11,12)7(16)15-8(17)14-6-3-1-5(13)2-4-6/h1-4H,(H2,14,15,16,17). The number of hydrogen-bond acceptors (Lipinski definition) is 2. The number of carbonyl (C=O) groups is 2. The quantitative estimate of drug-likeness (QED) is 0.758. The van der Waals surface area contributed by atoms with Gasteiger partial charge in [-0.1, -0.05) is 0 Å². The summed E-state index contributed by atoms with van der Waals surface area (Å²) < 4.78 is 36.3. The van der Waals surface area contributed by atoms with Crippen molar-refractivity contribution in [1.82, 2.24) is 5.32 Å². The van der Waals surface area contributed by atoms with Gasteiger partial charge in [-0.3, -0.25) is 10.1 Å². The van der Waals surface area contributed by atoms with Gasteiger partial charge in [-0.2, -0.15) is 13.2 Å². The van der Waals surface area contributed by atoms with Crippen LogP contribution in [0.25, 0.3) is 0 Å². The molecule has 1 aromatic carbocycles. The molecule has 0 saturated carbocycles. The van der Waals surface area contributed by atoms with Crippen molar-refractivity contribution >= 4 is 40.2 Å². The topological polar surface area (TPSA) is 58.2 Å². The van der Waals surface area contributed by atoms with E-state index < -0.39 is 18.1 Å². The first-order valence-electron chi connectivity index (χ1n) is 4.24. The van der Waals surface area contributed by atoms with Gasteiger partial charge in [0.1, 0.15) is 0 Å².